The highest BCUT2D eigenvalue weighted by Gasteiger charge is 2.26. The van der Waals surface area contributed by atoms with Gasteiger partial charge in [-0.1, -0.05) is 22.4 Å². The largest absolute Gasteiger partial charge is 0.397 e. The lowest BCUT2D eigenvalue weighted by molar-refractivity contribution is -0.122. The topological polar surface area (TPSA) is 55.1 Å². The molecule has 1 aliphatic carbocycles. The second-order valence-electron chi connectivity index (χ2n) is 3.97. The van der Waals surface area contributed by atoms with Crippen LogP contribution in [0.3, 0.4) is 0 Å². The van der Waals surface area contributed by atoms with Crippen molar-refractivity contribution in [2.24, 2.45) is 5.92 Å². The third-order valence-corrected chi connectivity index (χ3v) is 3.89. The second-order valence-corrected chi connectivity index (χ2v) is 5.74. The molecule has 0 aromatic heterocycles. The van der Waals surface area contributed by atoms with Gasteiger partial charge in [0.15, 0.2) is 0 Å². The Kier molecular flexibility index (Phi) is 3.54. The van der Waals surface area contributed by atoms with Gasteiger partial charge >= 0.3 is 0 Å². The van der Waals surface area contributed by atoms with E-state index in [1.807, 2.05) is 6.07 Å². The molecule has 0 radical (unpaired) electrons. The fourth-order valence-corrected chi connectivity index (χ4v) is 2.98. The lowest BCUT2D eigenvalue weighted by atomic mass is 9.85. The zero-order valence-electron chi connectivity index (χ0n) is 8.59. The molecular weight excluding hydrogens is 336 g/mol. The fraction of sp³-hybridized carbons (Fsp3) is 0.364. The molecule has 1 amide bonds. The summed E-state index contributed by atoms with van der Waals surface area (Å²) in [7, 11) is 0. The molecule has 5 heteroatoms. The van der Waals surface area contributed by atoms with E-state index in [9.17, 15) is 4.79 Å². The number of nitrogens with one attached hydrogen (secondary N) is 1. The number of hydrogen-bond acceptors (Lipinski definition) is 2. The summed E-state index contributed by atoms with van der Waals surface area (Å²) >= 11 is 6.74. The molecule has 1 fully saturated rings. The maximum atomic E-state index is 11.8. The van der Waals surface area contributed by atoms with Crippen molar-refractivity contribution in [3.8, 4) is 0 Å². The van der Waals surface area contributed by atoms with Crippen molar-refractivity contribution in [3.63, 3.8) is 0 Å². The van der Waals surface area contributed by atoms with Crippen molar-refractivity contribution in [2.75, 3.05) is 11.1 Å². The summed E-state index contributed by atoms with van der Waals surface area (Å²) in [5.41, 5.74) is 7.09. The van der Waals surface area contributed by atoms with Crippen molar-refractivity contribution >= 4 is 49.1 Å². The average Bonchev–Trinajstić information content (AvgIpc) is 2.08. The Morgan fingerprint density at radius 2 is 2.06 bits per heavy atom. The van der Waals surface area contributed by atoms with Crippen LogP contribution < -0.4 is 11.1 Å². The number of amides is 1. The van der Waals surface area contributed by atoms with Gasteiger partial charge in [-0.3, -0.25) is 4.79 Å². The van der Waals surface area contributed by atoms with Crippen molar-refractivity contribution in [1.82, 2.24) is 0 Å². The minimum absolute atomic E-state index is 0.0703. The number of nitrogen functional groups attached to an aromatic ring is 1. The maximum absolute atomic E-state index is 11.8. The summed E-state index contributed by atoms with van der Waals surface area (Å²) < 4.78 is 1.69. The Balaban J connectivity index is 2.17. The van der Waals surface area contributed by atoms with Crippen molar-refractivity contribution in [2.45, 2.75) is 19.3 Å². The van der Waals surface area contributed by atoms with E-state index in [1.165, 1.54) is 0 Å². The fourth-order valence-electron chi connectivity index (χ4n) is 1.62. The van der Waals surface area contributed by atoms with E-state index in [4.69, 9.17) is 5.73 Å². The number of anilines is 2. The molecule has 1 aromatic rings. The number of rotatable bonds is 2. The lowest BCUT2D eigenvalue weighted by Crippen LogP contribution is -2.28. The van der Waals surface area contributed by atoms with Gasteiger partial charge in [0.05, 0.1) is 11.4 Å². The van der Waals surface area contributed by atoms with E-state index in [0.717, 1.165) is 28.2 Å². The van der Waals surface area contributed by atoms with Gasteiger partial charge in [-0.2, -0.15) is 0 Å². The van der Waals surface area contributed by atoms with E-state index in [-0.39, 0.29) is 11.8 Å². The van der Waals surface area contributed by atoms with E-state index >= 15 is 0 Å². The minimum Gasteiger partial charge on any atom is -0.397 e. The first-order valence-corrected chi connectivity index (χ1v) is 6.72. The number of nitrogens with two attached hydrogens (primary N) is 1. The first-order chi connectivity index (χ1) is 7.58. The second kappa shape index (κ2) is 4.75. The maximum Gasteiger partial charge on any atom is 0.227 e. The Morgan fingerprint density at radius 3 is 2.56 bits per heavy atom. The summed E-state index contributed by atoms with van der Waals surface area (Å²) in [5.74, 6) is 0.232. The van der Waals surface area contributed by atoms with Crippen LogP contribution in [0.4, 0.5) is 11.4 Å². The van der Waals surface area contributed by atoms with Crippen LogP contribution in [0.25, 0.3) is 0 Å². The molecule has 1 saturated carbocycles. The van der Waals surface area contributed by atoms with Crippen LogP contribution in [0, 0.1) is 5.92 Å². The zero-order valence-corrected chi connectivity index (χ0v) is 11.8. The monoisotopic (exact) mass is 346 g/mol. The predicted octanol–water partition coefficient (Wildman–Crippen LogP) is 3.53. The zero-order chi connectivity index (χ0) is 11.7. The molecule has 86 valence electrons. The smallest absolute Gasteiger partial charge is 0.227 e. The van der Waals surface area contributed by atoms with Gasteiger partial charge in [0.2, 0.25) is 5.91 Å². The van der Waals surface area contributed by atoms with E-state index in [0.29, 0.717) is 11.4 Å². The van der Waals surface area contributed by atoms with E-state index in [2.05, 4.69) is 37.2 Å². The molecule has 1 aromatic carbocycles. The van der Waals surface area contributed by atoms with Gasteiger partial charge in [-0.15, -0.1) is 0 Å². The van der Waals surface area contributed by atoms with Crippen LogP contribution in [-0.4, -0.2) is 5.91 Å². The molecule has 0 spiro atoms. The quantitative estimate of drug-likeness (QED) is 0.804. The molecule has 0 atom stereocenters. The SMILES string of the molecule is Nc1cc(Br)cc(Br)c1NC(=O)C1CCC1. The summed E-state index contributed by atoms with van der Waals surface area (Å²) in [6, 6.07) is 3.65. The van der Waals surface area contributed by atoms with Gasteiger partial charge in [0.1, 0.15) is 0 Å². The van der Waals surface area contributed by atoms with E-state index < -0.39 is 0 Å². The van der Waals surface area contributed by atoms with Crippen molar-refractivity contribution in [1.29, 1.82) is 0 Å². The van der Waals surface area contributed by atoms with Crippen LogP contribution in [-0.2, 0) is 4.79 Å². The summed E-state index contributed by atoms with van der Waals surface area (Å²) in [5, 5.41) is 2.88. The molecule has 3 N–H and O–H groups in total. The lowest BCUT2D eigenvalue weighted by Gasteiger charge is -2.24. The Labute approximate surface area is 111 Å². The van der Waals surface area contributed by atoms with Crippen LogP contribution in [0.2, 0.25) is 0 Å². The predicted molar refractivity (Wildman–Crippen MR) is 72.2 cm³/mol. The van der Waals surface area contributed by atoms with Crippen LogP contribution in [0.15, 0.2) is 21.1 Å². The standard InChI is InChI=1S/C11H12Br2N2O/c12-7-4-8(13)10(9(14)5-7)15-11(16)6-2-1-3-6/h4-6H,1-3,14H2,(H,15,16). The molecule has 0 bridgehead atoms. The summed E-state index contributed by atoms with van der Waals surface area (Å²) in [4.78, 5) is 11.8. The van der Waals surface area contributed by atoms with Crippen LogP contribution >= 0.6 is 31.9 Å². The first-order valence-electron chi connectivity index (χ1n) is 5.13. The molecule has 1 aliphatic rings. The third kappa shape index (κ3) is 2.40. The number of hydrogen-bond donors (Lipinski definition) is 2. The van der Waals surface area contributed by atoms with Crippen molar-refractivity contribution < 1.29 is 4.79 Å². The Bertz CT molecular complexity index is 407. The van der Waals surface area contributed by atoms with Crippen LogP contribution in [0.1, 0.15) is 19.3 Å². The first kappa shape index (κ1) is 11.9. The van der Waals surface area contributed by atoms with Gasteiger partial charge in [0, 0.05) is 14.9 Å². The summed E-state index contributed by atoms with van der Waals surface area (Å²) in [6.45, 7) is 0. The summed E-state index contributed by atoms with van der Waals surface area (Å²) in [6.07, 6.45) is 3.12. The highest BCUT2D eigenvalue weighted by atomic mass is 79.9. The average molecular weight is 348 g/mol. The van der Waals surface area contributed by atoms with Gasteiger partial charge < -0.3 is 11.1 Å². The van der Waals surface area contributed by atoms with Gasteiger partial charge in [-0.05, 0) is 40.9 Å². The number of halogens is 2. The highest BCUT2D eigenvalue weighted by molar-refractivity contribution is 9.11. The number of carbonyl (C=O) groups excluding carboxylic acids is 1. The number of benzene rings is 1. The normalized spacial score (nSPS) is 15.6. The molecule has 2 rings (SSSR count). The molecule has 0 unspecified atom stereocenters. The molecular formula is C11H12Br2N2O. The molecule has 0 aliphatic heterocycles. The van der Waals surface area contributed by atoms with Gasteiger partial charge in [0.25, 0.3) is 0 Å². The van der Waals surface area contributed by atoms with E-state index in [1.54, 1.807) is 6.07 Å². The molecule has 0 saturated heterocycles. The van der Waals surface area contributed by atoms with Crippen molar-refractivity contribution in [3.05, 3.63) is 21.1 Å². The molecule has 16 heavy (non-hydrogen) atoms. The Hall–Kier alpha value is -0.550. The molecule has 3 nitrogen and oxygen atoms in total. The molecule has 0 heterocycles. The van der Waals surface area contributed by atoms with Gasteiger partial charge in [-0.25, -0.2) is 0 Å². The Morgan fingerprint density at radius 1 is 1.38 bits per heavy atom. The minimum atomic E-state index is 0.0703. The number of carbonyl (C=O) groups is 1. The van der Waals surface area contributed by atoms with Crippen LogP contribution in [0.5, 0.6) is 0 Å². The third-order valence-electron chi connectivity index (χ3n) is 2.81. The highest BCUT2D eigenvalue weighted by Crippen LogP contribution is 2.34.